The normalized spacial score (nSPS) is 14.9. The molecule has 29 heavy (non-hydrogen) atoms. The number of morpholine rings is 1. The standard InChI is InChI=1S/C22H26N4OS2/c1-18-7-9-20(10-8-18)29-17-21-23-24-22(26(21)19-5-3-2-4-6-19)28-16-13-25-11-14-27-15-12-25/h2-10H,11-17H2,1H3. The highest BCUT2D eigenvalue weighted by Crippen LogP contribution is 2.27. The molecule has 0 amide bonds. The summed E-state index contributed by atoms with van der Waals surface area (Å²) in [5.41, 5.74) is 2.40. The number of hydrogen-bond donors (Lipinski definition) is 0. The molecule has 3 aromatic rings. The molecule has 1 aliphatic rings. The predicted octanol–water partition coefficient (Wildman–Crippen LogP) is 4.29. The Morgan fingerprint density at radius 2 is 1.69 bits per heavy atom. The van der Waals surface area contributed by atoms with Gasteiger partial charge in [-0.25, -0.2) is 0 Å². The molecular formula is C22H26N4OS2. The average Bonchev–Trinajstić information content (AvgIpc) is 3.17. The second-order valence-corrected chi connectivity index (χ2v) is 9.08. The van der Waals surface area contributed by atoms with Crippen molar-refractivity contribution < 1.29 is 4.74 Å². The molecule has 1 fully saturated rings. The Balaban J connectivity index is 1.46. The van der Waals surface area contributed by atoms with Crippen LogP contribution in [0.1, 0.15) is 11.4 Å². The van der Waals surface area contributed by atoms with Crippen molar-refractivity contribution in [2.24, 2.45) is 0 Å². The summed E-state index contributed by atoms with van der Waals surface area (Å²) in [7, 11) is 0. The molecule has 4 rings (SSSR count). The van der Waals surface area contributed by atoms with Gasteiger partial charge in [0.15, 0.2) is 5.16 Å². The molecular weight excluding hydrogens is 400 g/mol. The Kier molecular flexibility index (Phi) is 7.27. The Bertz CT molecular complexity index is 893. The van der Waals surface area contributed by atoms with Crippen molar-refractivity contribution in [3.63, 3.8) is 0 Å². The van der Waals surface area contributed by atoms with Gasteiger partial charge < -0.3 is 4.74 Å². The molecule has 0 bridgehead atoms. The van der Waals surface area contributed by atoms with Crippen molar-refractivity contribution >= 4 is 23.5 Å². The van der Waals surface area contributed by atoms with Gasteiger partial charge in [-0.2, -0.15) is 0 Å². The zero-order valence-corrected chi connectivity index (χ0v) is 18.3. The van der Waals surface area contributed by atoms with E-state index in [0.717, 1.165) is 61.0 Å². The molecule has 0 N–H and O–H groups in total. The van der Waals surface area contributed by atoms with E-state index in [1.165, 1.54) is 10.5 Å². The Labute approximate surface area is 180 Å². The van der Waals surface area contributed by atoms with Crippen LogP contribution in [0.15, 0.2) is 64.6 Å². The molecule has 0 atom stereocenters. The molecule has 7 heteroatoms. The molecule has 0 saturated carbocycles. The lowest BCUT2D eigenvalue weighted by molar-refractivity contribution is 0.0410. The third-order valence-electron chi connectivity index (χ3n) is 4.85. The van der Waals surface area contributed by atoms with Gasteiger partial charge in [-0.05, 0) is 31.2 Å². The van der Waals surface area contributed by atoms with Gasteiger partial charge in [-0.3, -0.25) is 9.47 Å². The summed E-state index contributed by atoms with van der Waals surface area (Å²) in [6.07, 6.45) is 0. The van der Waals surface area contributed by atoms with Crippen molar-refractivity contribution in [1.82, 2.24) is 19.7 Å². The fourth-order valence-electron chi connectivity index (χ4n) is 3.20. The topological polar surface area (TPSA) is 43.2 Å². The van der Waals surface area contributed by atoms with Crippen LogP contribution in [0.2, 0.25) is 0 Å². The van der Waals surface area contributed by atoms with E-state index in [2.05, 4.69) is 75.1 Å². The minimum Gasteiger partial charge on any atom is -0.379 e. The van der Waals surface area contributed by atoms with E-state index >= 15 is 0 Å². The van der Waals surface area contributed by atoms with E-state index in [1.54, 1.807) is 23.5 Å². The Morgan fingerprint density at radius 1 is 0.931 bits per heavy atom. The fourth-order valence-corrected chi connectivity index (χ4v) is 4.98. The maximum atomic E-state index is 5.44. The molecule has 2 aromatic carbocycles. The van der Waals surface area contributed by atoms with Gasteiger partial charge in [-0.15, -0.1) is 22.0 Å². The summed E-state index contributed by atoms with van der Waals surface area (Å²) in [4.78, 5) is 3.70. The van der Waals surface area contributed by atoms with Gasteiger partial charge >= 0.3 is 0 Å². The fraction of sp³-hybridized carbons (Fsp3) is 0.364. The number of ether oxygens (including phenoxy) is 1. The SMILES string of the molecule is Cc1ccc(SCc2nnc(SCCN3CCOCC3)n2-c2ccccc2)cc1. The lowest BCUT2D eigenvalue weighted by Crippen LogP contribution is -2.37. The third kappa shape index (κ3) is 5.63. The van der Waals surface area contributed by atoms with Crippen molar-refractivity contribution in [1.29, 1.82) is 0 Å². The number of aromatic nitrogens is 3. The first kappa shape index (κ1) is 20.5. The third-order valence-corrected chi connectivity index (χ3v) is 6.76. The maximum absolute atomic E-state index is 5.44. The second kappa shape index (κ2) is 10.3. The van der Waals surface area contributed by atoms with E-state index < -0.39 is 0 Å². The van der Waals surface area contributed by atoms with Crippen molar-refractivity contribution in [3.05, 3.63) is 66.0 Å². The molecule has 0 radical (unpaired) electrons. The lowest BCUT2D eigenvalue weighted by atomic mass is 10.2. The van der Waals surface area contributed by atoms with Crippen LogP contribution in [0.3, 0.4) is 0 Å². The van der Waals surface area contributed by atoms with Gasteiger partial charge in [0.05, 0.1) is 19.0 Å². The second-order valence-electron chi connectivity index (χ2n) is 6.97. The van der Waals surface area contributed by atoms with Crippen LogP contribution >= 0.6 is 23.5 Å². The van der Waals surface area contributed by atoms with E-state index in [0.29, 0.717) is 0 Å². The minimum atomic E-state index is 0.787. The van der Waals surface area contributed by atoms with Gasteiger partial charge in [0.2, 0.25) is 0 Å². The van der Waals surface area contributed by atoms with E-state index in [9.17, 15) is 0 Å². The zero-order valence-electron chi connectivity index (χ0n) is 16.7. The van der Waals surface area contributed by atoms with E-state index in [-0.39, 0.29) is 0 Å². The van der Waals surface area contributed by atoms with Crippen LogP contribution < -0.4 is 0 Å². The number of thioether (sulfide) groups is 2. The van der Waals surface area contributed by atoms with E-state index in [4.69, 9.17) is 4.74 Å². The average molecular weight is 427 g/mol. The first-order valence-corrected chi connectivity index (χ1v) is 11.9. The number of hydrogen-bond acceptors (Lipinski definition) is 6. The van der Waals surface area contributed by atoms with Crippen molar-refractivity contribution in [2.75, 3.05) is 38.6 Å². The molecule has 1 aliphatic heterocycles. The quantitative estimate of drug-likeness (QED) is 0.501. The summed E-state index contributed by atoms with van der Waals surface area (Å²) in [5, 5.41) is 10.0. The van der Waals surface area contributed by atoms with Crippen LogP contribution in [-0.4, -0.2) is 58.3 Å². The van der Waals surface area contributed by atoms with Crippen molar-refractivity contribution in [3.8, 4) is 5.69 Å². The monoisotopic (exact) mass is 426 g/mol. The van der Waals surface area contributed by atoms with Crippen LogP contribution in [0.4, 0.5) is 0 Å². The van der Waals surface area contributed by atoms with Gasteiger partial charge in [-0.1, -0.05) is 47.7 Å². The summed E-state index contributed by atoms with van der Waals surface area (Å²) in [5.74, 6) is 2.76. The highest BCUT2D eigenvalue weighted by molar-refractivity contribution is 7.99. The molecule has 1 aromatic heterocycles. The van der Waals surface area contributed by atoms with Crippen LogP contribution in [0.5, 0.6) is 0 Å². The number of aryl methyl sites for hydroxylation is 1. The van der Waals surface area contributed by atoms with Gasteiger partial charge in [0.1, 0.15) is 5.82 Å². The molecule has 0 aliphatic carbocycles. The van der Waals surface area contributed by atoms with Gasteiger partial charge in [0.25, 0.3) is 0 Å². The highest BCUT2D eigenvalue weighted by atomic mass is 32.2. The largest absolute Gasteiger partial charge is 0.379 e. The zero-order chi connectivity index (χ0) is 19.9. The molecule has 0 unspecified atom stereocenters. The first-order valence-electron chi connectivity index (χ1n) is 9.92. The molecule has 0 spiro atoms. The van der Waals surface area contributed by atoms with Crippen molar-refractivity contribution in [2.45, 2.75) is 22.7 Å². The molecule has 5 nitrogen and oxygen atoms in total. The van der Waals surface area contributed by atoms with Crippen LogP contribution in [-0.2, 0) is 10.5 Å². The molecule has 2 heterocycles. The van der Waals surface area contributed by atoms with Crippen LogP contribution in [0, 0.1) is 6.92 Å². The smallest absolute Gasteiger partial charge is 0.195 e. The maximum Gasteiger partial charge on any atom is 0.195 e. The minimum absolute atomic E-state index is 0.787. The van der Waals surface area contributed by atoms with E-state index in [1.807, 2.05) is 6.07 Å². The first-order chi connectivity index (χ1) is 14.3. The van der Waals surface area contributed by atoms with Gasteiger partial charge in [0, 0.05) is 36.0 Å². The lowest BCUT2D eigenvalue weighted by Gasteiger charge is -2.26. The summed E-state index contributed by atoms with van der Waals surface area (Å²) in [6.45, 7) is 6.87. The molecule has 1 saturated heterocycles. The number of benzene rings is 2. The summed E-state index contributed by atoms with van der Waals surface area (Å²) >= 11 is 3.57. The summed E-state index contributed by atoms with van der Waals surface area (Å²) in [6, 6.07) is 19.0. The number of para-hydroxylation sites is 1. The predicted molar refractivity (Wildman–Crippen MR) is 120 cm³/mol. The number of rotatable bonds is 8. The molecule has 152 valence electrons. The highest BCUT2D eigenvalue weighted by Gasteiger charge is 2.16. The Hall–Kier alpha value is -1.80. The number of nitrogens with zero attached hydrogens (tertiary/aromatic N) is 4. The Morgan fingerprint density at radius 3 is 2.45 bits per heavy atom. The van der Waals surface area contributed by atoms with Crippen LogP contribution in [0.25, 0.3) is 5.69 Å². The summed E-state index contributed by atoms with van der Waals surface area (Å²) < 4.78 is 7.64.